The molecule has 0 N–H and O–H groups in total. The first-order chi connectivity index (χ1) is 33.0. The lowest BCUT2D eigenvalue weighted by Crippen LogP contribution is -2.52. The Kier molecular flexibility index (Phi) is 8.10. The molecular weight excluding hydrogens is 829 g/mol. The Morgan fingerprint density at radius 3 is 0.955 bits per heavy atom. The molecule has 0 aliphatic carbocycles. The Balaban J connectivity index is 1.01. The fraction of sp³-hybridized carbons (Fsp3) is 0.0323. The fourth-order valence-corrected chi connectivity index (χ4v) is 13.8. The van der Waals surface area contributed by atoms with E-state index in [0.717, 1.165) is 22.7 Å². The first-order valence-corrected chi connectivity index (χ1v) is 26.3. The number of nitrogens with zero attached hydrogens (tertiary/aromatic N) is 4. The second-order valence-electron chi connectivity index (χ2n) is 18.5. The molecule has 316 valence electrons. The van der Waals surface area contributed by atoms with E-state index < -0.39 is 8.07 Å². The highest BCUT2D eigenvalue weighted by Crippen LogP contribution is 2.44. The van der Waals surface area contributed by atoms with Crippen LogP contribution in [-0.4, -0.2) is 26.3 Å². The maximum Gasteiger partial charge on any atom is 0.112 e. The van der Waals surface area contributed by atoms with Crippen LogP contribution in [0.4, 0.5) is 0 Å². The van der Waals surface area contributed by atoms with Crippen molar-refractivity contribution in [2.75, 3.05) is 0 Å². The highest BCUT2D eigenvalue weighted by Gasteiger charge is 2.30. The highest BCUT2D eigenvalue weighted by atomic mass is 28.3. The van der Waals surface area contributed by atoms with Crippen molar-refractivity contribution in [3.05, 3.63) is 231 Å². The minimum atomic E-state index is -2.31. The summed E-state index contributed by atoms with van der Waals surface area (Å²) in [5.41, 5.74) is 14.4. The zero-order chi connectivity index (χ0) is 44.4. The van der Waals surface area contributed by atoms with E-state index in [2.05, 4.69) is 262 Å². The van der Waals surface area contributed by atoms with Crippen LogP contribution < -0.4 is 10.4 Å². The van der Waals surface area contributed by atoms with Crippen LogP contribution in [0.15, 0.2) is 231 Å². The molecular formula is C62H44N4Si. The first kappa shape index (κ1) is 37.9. The van der Waals surface area contributed by atoms with Gasteiger partial charge in [0.15, 0.2) is 0 Å². The van der Waals surface area contributed by atoms with Gasteiger partial charge in [-0.3, -0.25) is 0 Å². The molecule has 4 aromatic heterocycles. The lowest BCUT2D eigenvalue weighted by molar-refractivity contribution is 1.17. The molecule has 0 saturated carbocycles. The number of fused-ring (bicyclic) bond motifs is 14. The lowest BCUT2D eigenvalue weighted by Gasteiger charge is -2.24. The van der Waals surface area contributed by atoms with Crippen molar-refractivity contribution in [3.63, 3.8) is 0 Å². The minimum absolute atomic E-state index is 1.16. The van der Waals surface area contributed by atoms with Crippen LogP contribution in [0.2, 0.25) is 13.1 Å². The predicted molar refractivity (Wildman–Crippen MR) is 287 cm³/mol. The Labute approximate surface area is 388 Å². The largest absolute Gasteiger partial charge is 0.309 e. The molecule has 0 bridgehead atoms. The van der Waals surface area contributed by atoms with Crippen LogP contribution in [0.25, 0.3) is 110 Å². The van der Waals surface area contributed by atoms with Gasteiger partial charge in [0.2, 0.25) is 0 Å². The van der Waals surface area contributed by atoms with Crippen molar-refractivity contribution in [2.24, 2.45) is 0 Å². The summed E-state index contributed by atoms with van der Waals surface area (Å²) < 4.78 is 9.87. The first-order valence-electron chi connectivity index (χ1n) is 23.3. The van der Waals surface area contributed by atoms with Crippen molar-refractivity contribution >= 4 is 106 Å². The van der Waals surface area contributed by atoms with E-state index in [-0.39, 0.29) is 0 Å². The second kappa shape index (κ2) is 14.3. The summed E-state index contributed by atoms with van der Waals surface area (Å²) in [6, 6.07) is 85.3. The van der Waals surface area contributed by atoms with Crippen LogP contribution >= 0.6 is 0 Å². The van der Waals surface area contributed by atoms with E-state index in [1.54, 1.807) is 0 Å². The van der Waals surface area contributed by atoms with Gasteiger partial charge in [-0.1, -0.05) is 169 Å². The van der Waals surface area contributed by atoms with Crippen molar-refractivity contribution in [3.8, 4) is 22.7 Å². The van der Waals surface area contributed by atoms with E-state index in [9.17, 15) is 0 Å². The van der Waals surface area contributed by atoms with Crippen LogP contribution in [0.1, 0.15) is 0 Å². The third kappa shape index (κ3) is 5.40. The number of hydrogen-bond donors (Lipinski definition) is 0. The Morgan fingerprint density at radius 2 is 0.567 bits per heavy atom. The molecule has 0 spiro atoms. The average molecular weight is 873 g/mol. The fourth-order valence-electron chi connectivity index (χ4n) is 11.5. The predicted octanol–water partition coefficient (Wildman–Crippen LogP) is 14.9. The van der Waals surface area contributed by atoms with E-state index in [1.165, 1.54) is 97.6 Å². The van der Waals surface area contributed by atoms with Gasteiger partial charge in [-0.05, 0) is 84.9 Å². The molecule has 10 aromatic carbocycles. The van der Waals surface area contributed by atoms with Crippen LogP contribution in [0, 0.1) is 0 Å². The summed E-state index contributed by atoms with van der Waals surface area (Å²) in [5, 5.41) is 13.0. The van der Waals surface area contributed by atoms with Crippen molar-refractivity contribution in [1.29, 1.82) is 0 Å². The van der Waals surface area contributed by atoms with Crippen LogP contribution in [-0.2, 0) is 0 Å². The quantitative estimate of drug-likeness (QED) is 0.148. The highest BCUT2D eigenvalue weighted by molar-refractivity contribution is 7.00. The van der Waals surface area contributed by atoms with E-state index in [0.29, 0.717) is 0 Å². The van der Waals surface area contributed by atoms with Gasteiger partial charge in [-0.2, -0.15) is 0 Å². The van der Waals surface area contributed by atoms with Crippen LogP contribution in [0.3, 0.4) is 0 Å². The third-order valence-corrected chi connectivity index (χ3v) is 18.1. The smallest absolute Gasteiger partial charge is 0.112 e. The molecule has 0 unspecified atom stereocenters. The molecule has 0 saturated heterocycles. The van der Waals surface area contributed by atoms with Crippen molar-refractivity contribution < 1.29 is 0 Å². The molecule has 0 radical (unpaired) electrons. The Hall–Kier alpha value is -8.38. The molecule has 0 aliphatic rings. The van der Waals surface area contributed by atoms with Gasteiger partial charge < -0.3 is 18.3 Å². The maximum atomic E-state index is 2.53. The molecule has 0 aliphatic heterocycles. The molecule has 0 fully saturated rings. The topological polar surface area (TPSA) is 19.7 Å². The van der Waals surface area contributed by atoms with Gasteiger partial charge >= 0.3 is 0 Å². The number of para-hydroxylation sites is 6. The van der Waals surface area contributed by atoms with Crippen molar-refractivity contribution in [2.45, 2.75) is 13.1 Å². The summed E-state index contributed by atoms with van der Waals surface area (Å²) in [6.45, 7) is 5.05. The monoisotopic (exact) mass is 872 g/mol. The van der Waals surface area contributed by atoms with Gasteiger partial charge in [0, 0.05) is 65.8 Å². The molecule has 67 heavy (non-hydrogen) atoms. The minimum Gasteiger partial charge on any atom is -0.309 e. The van der Waals surface area contributed by atoms with Gasteiger partial charge in [0.05, 0.1) is 44.1 Å². The summed E-state index contributed by atoms with van der Waals surface area (Å²) in [7, 11) is -2.31. The maximum absolute atomic E-state index is 2.53. The Bertz CT molecular complexity index is 3990. The molecule has 5 heteroatoms. The third-order valence-electron chi connectivity index (χ3n) is 14.6. The van der Waals surface area contributed by atoms with Gasteiger partial charge in [-0.25, -0.2) is 0 Å². The number of aromatic nitrogens is 4. The average Bonchev–Trinajstić information content (AvgIpc) is 4.12. The molecule has 4 heterocycles. The Morgan fingerprint density at radius 1 is 0.254 bits per heavy atom. The molecule has 4 nitrogen and oxygen atoms in total. The summed E-state index contributed by atoms with van der Waals surface area (Å²) in [6.07, 6.45) is 0. The normalized spacial score (nSPS) is 12.3. The number of benzene rings is 10. The van der Waals surface area contributed by atoms with E-state index in [4.69, 9.17) is 0 Å². The van der Waals surface area contributed by atoms with Gasteiger partial charge in [0.25, 0.3) is 0 Å². The number of rotatable bonds is 6. The summed E-state index contributed by atoms with van der Waals surface area (Å²) >= 11 is 0. The molecule has 14 rings (SSSR count). The van der Waals surface area contributed by atoms with Gasteiger partial charge in [0.1, 0.15) is 8.07 Å². The van der Waals surface area contributed by atoms with Crippen molar-refractivity contribution in [1.82, 2.24) is 18.3 Å². The van der Waals surface area contributed by atoms with E-state index in [1.807, 2.05) is 0 Å². The zero-order valence-electron chi connectivity index (χ0n) is 37.2. The number of hydrogen-bond acceptors (Lipinski definition) is 0. The second-order valence-corrected chi connectivity index (χ2v) is 22.9. The molecule has 0 atom stereocenters. The summed E-state index contributed by atoms with van der Waals surface area (Å²) in [5.74, 6) is 0. The molecule has 0 amide bonds. The summed E-state index contributed by atoms with van der Waals surface area (Å²) in [4.78, 5) is 0. The van der Waals surface area contributed by atoms with Crippen LogP contribution in [0.5, 0.6) is 0 Å². The van der Waals surface area contributed by atoms with E-state index >= 15 is 0 Å². The molecule has 14 aromatic rings. The SMILES string of the molecule is C[Si](C)(c1ccc2c(c1)c1ccc3c(c4ccccc4n3-c3ccccc3)c1n2-c1ccccc1)c1ccc2c(c1)c1ccc3c(c4ccccc4n3-c3ccccc3)c1n2-c1ccccc1. The standard InChI is InChI=1S/C62H44N4Si/c1-67(2,45-31-35-55-51(39-45)47-33-37-57-59(61(47)65(55)43-23-11-5-12-24-43)49-27-15-17-29-53(49)63(57)41-19-7-3-8-20-41)46-32-36-56-52(40-46)48-34-38-58-60(62(48)66(56)44-25-13-6-14-26-44)50-28-16-18-30-54(50)64(58)42-21-9-4-10-22-42/h3-40H,1-2H3. The zero-order valence-corrected chi connectivity index (χ0v) is 38.2. The van der Waals surface area contributed by atoms with Gasteiger partial charge in [-0.15, -0.1) is 0 Å². The lowest BCUT2D eigenvalue weighted by atomic mass is 10.1.